The molecule has 2 aromatic rings. The summed E-state index contributed by atoms with van der Waals surface area (Å²) in [6.45, 7) is 1.47. The molecule has 0 radical (unpaired) electrons. The average molecular weight is 327 g/mol. The van der Waals surface area contributed by atoms with Gasteiger partial charge >= 0.3 is 0 Å². The van der Waals surface area contributed by atoms with Crippen molar-refractivity contribution in [3.8, 4) is 0 Å². The third-order valence-corrected chi connectivity index (χ3v) is 3.97. The number of hydrogen-bond donors (Lipinski definition) is 1. The summed E-state index contributed by atoms with van der Waals surface area (Å²) >= 11 is 0. The van der Waals surface area contributed by atoms with Crippen molar-refractivity contribution in [1.29, 1.82) is 0 Å². The maximum absolute atomic E-state index is 13.2. The van der Waals surface area contributed by atoms with Crippen LogP contribution in [0.1, 0.15) is 40.0 Å². The Bertz CT molecular complexity index is 757. The molecule has 124 valence electrons. The lowest BCUT2D eigenvalue weighted by atomic mass is 10.1. The SMILES string of the molecule is O=C(Nc1cccc(F)c1)c1cncc(C(=O)N2CCCCC2)c1. The number of aromatic nitrogens is 1. The lowest BCUT2D eigenvalue weighted by Gasteiger charge is -2.26. The number of amides is 2. The fourth-order valence-corrected chi connectivity index (χ4v) is 2.73. The van der Waals surface area contributed by atoms with Crippen LogP contribution in [0.5, 0.6) is 0 Å². The number of nitrogens with one attached hydrogen (secondary N) is 1. The second kappa shape index (κ2) is 7.21. The number of piperidine rings is 1. The first-order valence-corrected chi connectivity index (χ1v) is 7.95. The minimum atomic E-state index is -0.431. The highest BCUT2D eigenvalue weighted by molar-refractivity contribution is 6.05. The zero-order valence-corrected chi connectivity index (χ0v) is 13.2. The molecule has 3 rings (SSSR count). The number of nitrogens with zero attached hydrogens (tertiary/aromatic N) is 2. The lowest BCUT2D eigenvalue weighted by molar-refractivity contribution is 0.0724. The Kier molecular flexibility index (Phi) is 4.84. The van der Waals surface area contributed by atoms with Gasteiger partial charge < -0.3 is 10.2 Å². The first kappa shape index (κ1) is 16.1. The standard InChI is InChI=1S/C18H18FN3O2/c19-15-5-4-6-16(10-15)21-17(23)13-9-14(12-20-11-13)18(24)22-7-2-1-3-8-22/h4-6,9-12H,1-3,7-8H2,(H,21,23). The summed E-state index contributed by atoms with van der Waals surface area (Å²) in [6, 6.07) is 7.17. The molecular weight excluding hydrogens is 309 g/mol. The topological polar surface area (TPSA) is 62.3 Å². The predicted molar refractivity (Wildman–Crippen MR) is 88.3 cm³/mol. The Morgan fingerprint density at radius 2 is 1.79 bits per heavy atom. The number of carbonyl (C=O) groups excluding carboxylic acids is 2. The van der Waals surface area contributed by atoms with Crippen LogP contribution >= 0.6 is 0 Å². The van der Waals surface area contributed by atoms with Crippen molar-refractivity contribution in [3.05, 3.63) is 59.7 Å². The first-order chi connectivity index (χ1) is 11.6. The summed E-state index contributed by atoms with van der Waals surface area (Å²) in [5.74, 6) is -0.969. The minimum Gasteiger partial charge on any atom is -0.339 e. The van der Waals surface area contributed by atoms with Gasteiger partial charge in [-0.1, -0.05) is 6.07 Å². The van der Waals surface area contributed by atoms with Gasteiger partial charge in [0.2, 0.25) is 0 Å². The lowest BCUT2D eigenvalue weighted by Crippen LogP contribution is -2.35. The van der Waals surface area contributed by atoms with Gasteiger partial charge in [-0.05, 0) is 43.5 Å². The monoisotopic (exact) mass is 327 g/mol. The van der Waals surface area contributed by atoms with Crippen molar-refractivity contribution < 1.29 is 14.0 Å². The van der Waals surface area contributed by atoms with E-state index in [4.69, 9.17) is 0 Å². The number of rotatable bonds is 3. The third-order valence-electron chi connectivity index (χ3n) is 3.97. The summed E-state index contributed by atoms with van der Waals surface area (Å²) < 4.78 is 13.2. The third kappa shape index (κ3) is 3.76. The van der Waals surface area contributed by atoms with Gasteiger partial charge in [0.15, 0.2) is 0 Å². The van der Waals surface area contributed by atoms with Gasteiger partial charge in [-0.15, -0.1) is 0 Å². The van der Waals surface area contributed by atoms with Crippen LogP contribution in [0.25, 0.3) is 0 Å². The zero-order chi connectivity index (χ0) is 16.9. The molecule has 0 spiro atoms. The molecule has 1 aromatic carbocycles. The molecule has 1 aromatic heterocycles. The van der Waals surface area contributed by atoms with Gasteiger partial charge in [0.1, 0.15) is 5.82 Å². The number of pyridine rings is 1. The minimum absolute atomic E-state index is 0.109. The Balaban J connectivity index is 1.74. The summed E-state index contributed by atoms with van der Waals surface area (Å²) in [5, 5.41) is 2.60. The Labute approximate surface area is 139 Å². The van der Waals surface area contributed by atoms with Crippen molar-refractivity contribution in [2.45, 2.75) is 19.3 Å². The van der Waals surface area contributed by atoms with Gasteiger partial charge in [-0.3, -0.25) is 14.6 Å². The van der Waals surface area contributed by atoms with Crippen molar-refractivity contribution in [3.63, 3.8) is 0 Å². The smallest absolute Gasteiger partial charge is 0.257 e. The Hall–Kier alpha value is -2.76. The van der Waals surface area contributed by atoms with Crippen molar-refractivity contribution in [2.75, 3.05) is 18.4 Å². The first-order valence-electron chi connectivity index (χ1n) is 7.95. The molecule has 1 N–H and O–H groups in total. The van der Waals surface area contributed by atoms with Crippen LogP contribution in [0.15, 0.2) is 42.7 Å². The molecule has 6 heteroatoms. The van der Waals surface area contributed by atoms with Crippen molar-refractivity contribution in [1.82, 2.24) is 9.88 Å². The van der Waals surface area contributed by atoms with E-state index in [1.165, 1.54) is 36.7 Å². The predicted octanol–water partition coefficient (Wildman–Crippen LogP) is 3.10. The number of hydrogen-bond acceptors (Lipinski definition) is 3. The molecule has 0 atom stereocenters. The van der Waals surface area contributed by atoms with Crippen LogP contribution < -0.4 is 5.32 Å². The zero-order valence-electron chi connectivity index (χ0n) is 13.2. The van der Waals surface area contributed by atoms with Gasteiger partial charge in [0, 0.05) is 31.2 Å². The van der Waals surface area contributed by atoms with Crippen LogP contribution in [0, 0.1) is 5.82 Å². The molecule has 1 fully saturated rings. The molecule has 5 nitrogen and oxygen atoms in total. The molecule has 0 aliphatic carbocycles. The van der Waals surface area contributed by atoms with Crippen LogP contribution in [-0.4, -0.2) is 34.8 Å². The molecule has 2 heterocycles. The average Bonchev–Trinajstić information content (AvgIpc) is 2.62. The number of anilines is 1. The van der Waals surface area contributed by atoms with Crippen molar-refractivity contribution in [2.24, 2.45) is 0 Å². The van der Waals surface area contributed by atoms with Crippen LogP contribution in [-0.2, 0) is 0 Å². The van der Waals surface area contributed by atoms with E-state index in [1.54, 1.807) is 11.0 Å². The Morgan fingerprint density at radius 1 is 1.04 bits per heavy atom. The molecule has 1 aliphatic rings. The number of carbonyl (C=O) groups is 2. The number of halogens is 1. The summed E-state index contributed by atoms with van der Waals surface area (Å²) in [4.78, 5) is 30.5. The van der Waals surface area contributed by atoms with Gasteiger partial charge in [-0.25, -0.2) is 4.39 Å². The van der Waals surface area contributed by atoms with E-state index >= 15 is 0 Å². The Morgan fingerprint density at radius 3 is 2.54 bits per heavy atom. The van der Waals surface area contributed by atoms with E-state index in [9.17, 15) is 14.0 Å². The van der Waals surface area contributed by atoms with Crippen LogP contribution in [0.2, 0.25) is 0 Å². The van der Waals surface area contributed by atoms with Crippen LogP contribution in [0.4, 0.5) is 10.1 Å². The molecule has 0 unspecified atom stereocenters. The normalized spacial score (nSPS) is 14.3. The molecular formula is C18H18FN3O2. The van der Waals surface area contributed by atoms with E-state index in [0.29, 0.717) is 11.3 Å². The molecule has 2 amide bonds. The summed E-state index contributed by atoms with van der Waals surface area (Å²) in [5.41, 5.74) is 1.01. The molecule has 1 saturated heterocycles. The molecule has 0 saturated carbocycles. The molecule has 24 heavy (non-hydrogen) atoms. The maximum atomic E-state index is 13.2. The largest absolute Gasteiger partial charge is 0.339 e. The van der Waals surface area contributed by atoms with E-state index < -0.39 is 11.7 Å². The molecule has 0 bridgehead atoms. The quantitative estimate of drug-likeness (QED) is 0.942. The number of benzene rings is 1. The second-order valence-corrected chi connectivity index (χ2v) is 5.78. The summed E-state index contributed by atoms with van der Waals surface area (Å²) in [7, 11) is 0. The van der Waals surface area contributed by atoms with Gasteiger partial charge in [0.05, 0.1) is 11.1 Å². The van der Waals surface area contributed by atoms with Crippen molar-refractivity contribution >= 4 is 17.5 Å². The van der Waals surface area contributed by atoms with E-state index in [2.05, 4.69) is 10.3 Å². The highest BCUT2D eigenvalue weighted by Gasteiger charge is 2.19. The van der Waals surface area contributed by atoms with Gasteiger partial charge in [-0.2, -0.15) is 0 Å². The maximum Gasteiger partial charge on any atom is 0.257 e. The van der Waals surface area contributed by atoms with E-state index in [1.807, 2.05) is 0 Å². The fraction of sp³-hybridized carbons (Fsp3) is 0.278. The highest BCUT2D eigenvalue weighted by atomic mass is 19.1. The highest BCUT2D eigenvalue weighted by Crippen LogP contribution is 2.15. The van der Waals surface area contributed by atoms with E-state index in [-0.39, 0.29) is 11.5 Å². The number of likely N-dealkylation sites (tertiary alicyclic amines) is 1. The van der Waals surface area contributed by atoms with E-state index in [0.717, 1.165) is 32.4 Å². The second-order valence-electron chi connectivity index (χ2n) is 5.78. The fourth-order valence-electron chi connectivity index (χ4n) is 2.73. The summed E-state index contributed by atoms with van der Waals surface area (Å²) in [6.07, 6.45) is 5.99. The van der Waals surface area contributed by atoms with Crippen LogP contribution in [0.3, 0.4) is 0 Å². The van der Waals surface area contributed by atoms with Gasteiger partial charge in [0.25, 0.3) is 11.8 Å². The molecule has 1 aliphatic heterocycles.